The predicted molar refractivity (Wildman–Crippen MR) is 195 cm³/mol. The molecule has 0 radical (unpaired) electrons. The lowest BCUT2D eigenvalue weighted by Crippen LogP contribution is -2.27. The van der Waals surface area contributed by atoms with E-state index in [1.807, 2.05) is 37.4 Å². The Morgan fingerprint density at radius 3 is 2.37 bits per heavy atom. The highest BCUT2D eigenvalue weighted by molar-refractivity contribution is 6.39. The van der Waals surface area contributed by atoms with Crippen LogP contribution in [-0.2, 0) is 26.6 Å². The molecule has 0 atom stereocenters. The molecule has 0 spiro atoms. The van der Waals surface area contributed by atoms with Crippen LogP contribution in [0.4, 0.5) is 17.1 Å². The average Bonchev–Trinajstić information content (AvgIpc) is 3.44. The van der Waals surface area contributed by atoms with E-state index in [1.54, 1.807) is 50.9 Å². The number of fused-ring (bicyclic) bond motifs is 1. The number of ether oxygens (including phenoxy) is 2. The first-order valence-electron chi connectivity index (χ1n) is 15.5. The van der Waals surface area contributed by atoms with Crippen molar-refractivity contribution in [2.24, 2.45) is 7.05 Å². The van der Waals surface area contributed by atoms with Crippen LogP contribution in [0.25, 0.3) is 16.8 Å². The Morgan fingerprint density at radius 2 is 1.67 bits per heavy atom. The van der Waals surface area contributed by atoms with Gasteiger partial charge in [-0.1, -0.05) is 54.0 Å². The average molecular weight is 700 g/mol. The van der Waals surface area contributed by atoms with Gasteiger partial charge in [0.15, 0.2) is 5.82 Å². The van der Waals surface area contributed by atoms with Crippen molar-refractivity contribution >= 4 is 51.9 Å². The molecule has 13 heteroatoms. The van der Waals surface area contributed by atoms with Crippen LogP contribution in [0, 0.1) is 0 Å². The van der Waals surface area contributed by atoms with Crippen molar-refractivity contribution < 1.29 is 14.3 Å². The van der Waals surface area contributed by atoms with Crippen LogP contribution in [0.5, 0.6) is 11.6 Å². The molecule has 0 aliphatic carbocycles. The molecule has 252 valence electrons. The number of carbonyl (C=O) groups is 1. The quantitative estimate of drug-likeness (QED) is 0.132. The maximum absolute atomic E-state index is 13.4. The molecule has 49 heavy (non-hydrogen) atoms. The summed E-state index contributed by atoms with van der Waals surface area (Å²) in [6, 6.07) is 16.2. The molecule has 4 heterocycles. The van der Waals surface area contributed by atoms with Gasteiger partial charge in [-0.15, -0.1) is 0 Å². The Bertz CT molecular complexity index is 2050. The Kier molecular flexibility index (Phi) is 10.0. The third-order valence-electron chi connectivity index (χ3n) is 8.36. The van der Waals surface area contributed by atoms with Gasteiger partial charge in [0.1, 0.15) is 11.4 Å². The summed E-state index contributed by atoms with van der Waals surface area (Å²) in [5.74, 6) is 1.31. The Hall–Kier alpha value is -5.10. The molecule has 3 aromatic heterocycles. The Labute approximate surface area is 294 Å². The number of anilines is 3. The van der Waals surface area contributed by atoms with Crippen molar-refractivity contribution in [3.8, 4) is 22.8 Å². The number of benzene rings is 2. The van der Waals surface area contributed by atoms with Crippen molar-refractivity contribution in [1.82, 2.24) is 24.4 Å². The maximum atomic E-state index is 13.4. The molecule has 0 saturated heterocycles. The van der Waals surface area contributed by atoms with Gasteiger partial charge >= 0.3 is 0 Å². The van der Waals surface area contributed by atoms with Crippen LogP contribution in [0.2, 0.25) is 10.0 Å². The number of nitrogens with one attached hydrogen (secondary N) is 3. The largest absolute Gasteiger partial charge is 0.496 e. The maximum Gasteiger partial charge on any atom is 0.274 e. The molecule has 0 unspecified atom stereocenters. The molecule has 1 amide bonds. The molecule has 0 fully saturated rings. The number of imidazole rings is 1. The van der Waals surface area contributed by atoms with E-state index in [2.05, 4.69) is 49.0 Å². The number of rotatable bonds is 11. The number of pyridine rings is 2. The highest BCUT2D eigenvalue weighted by Gasteiger charge is 2.23. The fourth-order valence-electron chi connectivity index (χ4n) is 5.75. The summed E-state index contributed by atoms with van der Waals surface area (Å²) >= 11 is 13.9. The third-order valence-corrected chi connectivity index (χ3v) is 9.18. The number of hydrogen-bond acceptors (Lipinski definition) is 9. The summed E-state index contributed by atoms with van der Waals surface area (Å²) in [4.78, 5) is 29.0. The molecular formula is C36H36Cl2N8O3. The zero-order valence-electron chi connectivity index (χ0n) is 27.6. The van der Waals surface area contributed by atoms with E-state index in [1.165, 1.54) is 5.69 Å². The van der Waals surface area contributed by atoms with Crippen molar-refractivity contribution in [3.63, 3.8) is 0 Å². The van der Waals surface area contributed by atoms with Crippen LogP contribution < -0.4 is 25.4 Å². The van der Waals surface area contributed by atoms with E-state index in [-0.39, 0.29) is 5.69 Å². The number of nitrogens with zero attached hydrogens (tertiary/aromatic N) is 5. The van der Waals surface area contributed by atoms with Crippen LogP contribution in [0.15, 0.2) is 73.6 Å². The summed E-state index contributed by atoms with van der Waals surface area (Å²) in [6.07, 6.45) is 4.18. The molecular weight excluding hydrogens is 663 g/mol. The van der Waals surface area contributed by atoms with Crippen molar-refractivity contribution in [3.05, 3.63) is 112 Å². The van der Waals surface area contributed by atoms with Gasteiger partial charge in [0.25, 0.3) is 5.91 Å². The first kappa shape index (κ1) is 33.8. The molecule has 1 aliphatic rings. The van der Waals surface area contributed by atoms with Gasteiger partial charge in [-0.3, -0.25) is 9.78 Å². The van der Waals surface area contributed by atoms with Gasteiger partial charge in [-0.2, -0.15) is 0 Å². The number of methoxy groups -OCH3 is 2. The topological polar surface area (TPSA) is 118 Å². The fraction of sp³-hybridized carbons (Fsp3) is 0.222. The van der Waals surface area contributed by atoms with Crippen molar-refractivity contribution in [2.75, 3.05) is 43.8 Å². The fourth-order valence-corrected chi connectivity index (χ4v) is 6.30. The zero-order chi connectivity index (χ0) is 34.7. The van der Waals surface area contributed by atoms with Crippen LogP contribution >= 0.6 is 23.2 Å². The Balaban J connectivity index is 1.18. The van der Waals surface area contributed by atoms with Gasteiger partial charge in [-0.05, 0) is 25.2 Å². The van der Waals surface area contributed by atoms with Gasteiger partial charge in [0, 0.05) is 85.7 Å². The first-order valence-corrected chi connectivity index (χ1v) is 16.3. The molecule has 0 bridgehead atoms. The minimum Gasteiger partial charge on any atom is -0.496 e. The third kappa shape index (κ3) is 7.19. The lowest BCUT2D eigenvalue weighted by atomic mass is 10.0. The smallest absolute Gasteiger partial charge is 0.274 e. The minimum absolute atomic E-state index is 0.165. The van der Waals surface area contributed by atoms with Crippen LogP contribution in [-0.4, -0.2) is 58.1 Å². The number of aromatic nitrogens is 4. The molecule has 0 saturated carbocycles. The SMILES string of the molecule is C=C(Nc1cccc(-c2cccc(NC(=O)c3cc(OC)c(CNc4ccnc(OC)c4)cn3)c2Cl)c1Cl)c1nc2c(n1C)CCN(C)C2. The summed E-state index contributed by atoms with van der Waals surface area (Å²) in [7, 11) is 7.20. The van der Waals surface area contributed by atoms with Gasteiger partial charge in [0.2, 0.25) is 5.88 Å². The number of hydrogen-bond donors (Lipinski definition) is 3. The number of amides is 1. The first-order chi connectivity index (χ1) is 23.7. The van der Waals surface area contributed by atoms with E-state index in [0.717, 1.165) is 42.3 Å². The number of carbonyl (C=O) groups excluding carboxylic acids is 1. The summed E-state index contributed by atoms with van der Waals surface area (Å²) < 4.78 is 12.8. The van der Waals surface area contributed by atoms with E-state index in [0.29, 0.717) is 56.4 Å². The Morgan fingerprint density at radius 1 is 0.959 bits per heavy atom. The van der Waals surface area contributed by atoms with Crippen LogP contribution in [0.3, 0.4) is 0 Å². The molecule has 1 aliphatic heterocycles. The second-order valence-corrected chi connectivity index (χ2v) is 12.3. The molecule has 3 N–H and O–H groups in total. The van der Waals surface area contributed by atoms with Gasteiger partial charge < -0.3 is 34.9 Å². The highest BCUT2D eigenvalue weighted by Crippen LogP contribution is 2.41. The summed E-state index contributed by atoms with van der Waals surface area (Å²) in [5, 5.41) is 10.3. The van der Waals surface area contributed by atoms with Gasteiger partial charge in [0.05, 0.1) is 47.0 Å². The molecule has 5 aromatic rings. The normalized spacial score (nSPS) is 12.6. The highest BCUT2D eigenvalue weighted by atomic mass is 35.5. The second-order valence-electron chi connectivity index (χ2n) is 11.6. The monoisotopic (exact) mass is 698 g/mol. The van der Waals surface area contributed by atoms with E-state index < -0.39 is 5.91 Å². The standard InChI is InChI=1S/C36H36Cl2N8O3/c1-21(35-43-29-20-45(2)15-13-30(29)46(35)3)42-26-10-6-8-24(33(26)37)25-9-7-11-27(34(25)38)44-36(47)28-17-31(48-4)22(19-41-28)18-40-23-12-14-39-32(16-23)49-5/h6-12,14,16-17,19,42H,1,13,15,18,20H2,2-5H3,(H,39,40)(H,44,47). The number of halogens is 2. The molecule has 11 nitrogen and oxygen atoms in total. The van der Waals surface area contributed by atoms with Crippen LogP contribution in [0.1, 0.15) is 33.3 Å². The summed E-state index contributed by atoms with van der Waals surface area (Å²) in [6.45, 7) is 6.45. The van der Waals surface area contributed by atoms with Crippen molar-refractivity contribution in [1.29, 1.82) is 0 Å². The van der Waals surface area contributed by atoms with E-state index in [9.17, 15) is 4.79 Å². The molecule has 2 aromatic carbocycles. The molecule has 6 rings (SSSR count). The predicted octanol–water partition coefficient (Wildman–Crippen LogP) is 7.14. The van der Waals surface area contributed by atoms with Crippen molar-refractivity contribution in [2.45, 2.75) is 19.5 Å². The lowest BCUT2D eigenvalue weighted by molar-refractivity contribution is 0.102. The summed E-state index contributed by atoms with van der Waals surface area (Å²) in [5.41, 5.74) is 7.04. The van der Waals surface area contributed by atoms with E-state index in [4.69, 9.17) is 37.7 Å². The minimum atomic E-state index is -0.447. The number of likely N-dealkylation sites (N-methyl/N-ethyl adjacent to an activating group) is 1. The second kappa shape index (κ2) is 14.6. The van der Waals surface area contributed by atoms with E-state index >= 15 is 0 Å². The van der Waals surface area contributed by atoms with Gasteiger partial charge in [-0.25, -0.2) is 9.97 Å². The zero-order valence-corrected chi connectivity index (χ0v) is 29.1. The lowest BCUT2D eigenvalue weighted by Gasteiger charge is -2.21.